The van der Waals surface area contributed by atoms with Gasteiger partial charge < -0.3 is 20.0 Å². The molecule has 7 heteroatoms. The maximum Gasteiger partial charge on any atom is 0.191 e. The zero-order valence-corrected chi connectivity index (χ0v) is 14.9. The minimum atomic E-state index is -0.383. The Labute approximate surface area is 151 Å². The van der Waals surface area contributed by atoms with E-state index in [1.54, 1.807) is 19.4 Å². The first kappa shape index (κ1) is 17.6. The Hall–Kier alpha value is -2.21. The molecule has 5 nitrogen and oxygen atoms in total. The van der Waals surface area contributed by atoms with Crippen molar-refractivity contribution >= 4 is 23.2 Å². The van der Waals surface area contributed by atoms with Crippen LogP contribution in [-0.4, -0.2) is 38.7 Å². The summed E-state index contributed by atoms with van der Waals surface area (Å²) in [5, 5.41) is 6.86. The second-order valence-corrected chi connectivity index (χ2v) is 6.41. The Bertz CT molecular complexity index is 720. The average Bonchev–Trinajstić information content (AvgIpc) is 3.28. The monoisotopic (exact) mass is 364 g/mol. The van der Waals surface area contributed by atoms with Gasteiger partial charge in [-0.1, -0.05) is 11.6 Å². The van der Waals surface area contributed by atoms with E-state index >= 15 is 0 Å². The number of hydrogen-bond donors (Lipinski definition) is 2. The number of benzene rings is 1. The maximum absolute atomic E-state index is 13.6. The van der Waals surface area contributed by atoms with E-state index in [1.807, 2.05) is 18.2 Å². The molecule has 25 heavy (non-hydrogen) atoms. The molecule has 1 unspecified atom stereocenters. The third-order valence-electron chi connectivity index (χ3n) is 4.26. The molecule has 0 bridgehead atoms. The van der Waals surface area contributed by atoms with Gasteiger partial charge in [0.1, 0.15) is 11.6 Å². The molecule has 134 valence electrons. The van der Waals surface area contributed by atoms with Crippen LogP contribution in [0.15, 0.2) is 46.0 Å². The third-order valence-corrected chi connectivity index (χ3v) is 4.57. The largest absolute Gasteiger partial charge is 0.469 e. The van der Waals surface area contributed by atoms with Gasteiger partial charge in [-0.3, -0.25) is 4.99 Å². The van der Waals surface area contributed by atoms with Crippen LogP contribution < -0.4 is 15.5 Å². The van der Waals surface area contributed by atoms with Crippen molar-refractivity contribution in [1.29, 1.82) is 0 Å². The first-order chi connectivity index (χ1) is 12.2. The van der Waals surface area contributed by atoms with Gasteiger partial charge >= 0.3 is 0 Å². The normalized spacial score (nSPS) is 17.8. The van der Waals surface area contributed by atoms with Crippen LogP contribution in [0.25, 0.3) is 0 Å². The van der Waals surface area contributed by atoms with Gasteiger partial charge in [0, 0.05) is 44.8 Å². The fourth-order valence-electron chi connectivity index (χ4n) is 2.94. The van der Waals surface area contributed by atoms with Crippen LogP contribution >= 0.6 is 11.6 Å². The first-order valence-corrected chi connectivity index (χ1v) is 8.73. The fourth-order valence-corrected chi connectivity index (χ4v) is 3.06. The van der Waals surface area contributed by atoms with Gasteiger partial charge in [0.15, 0.2) is 5.96 Å². The lowest BCUT2D eigenvalue weighted by Gasteiger charge is -2.20. The summed E-state index contributed by atoms with van der Waals surface area (Å²) in [5.74, 6) is 1.33. The van der Waals surface area contributed by atoms with E-state index in [-0.39, 0.29) is 16.9 Å². The second-order valence-electron chi connectivity index (χ2n) is 6.00. The highest BCUT2D eigenvalue weighted by Crippen LogP contribution is 2.24. The lowest BCUT2D eigenvalue weighted by Crippen LogP contribution is -2.45. The number of hydrogen-bond acceptors (Lipinski definition) is 3. The number of aliphatic imine (C=N–C) groups is 1. The van der Waals surface area contributed by atoms with Crippen LogP contribution in [-0.2, 0) is 6.42 Å². The van der Waals surface area contributed by atoms with Gasteiger partial charge in [0.2, 0.25) is 0 Å². The zero-order chi connectivity index (χ0) is 17.6. The molecule has 2 heterocycles. The number of guanidine groups is 1. The Morgan fingerprint density at radius 3 is 3.04 bits per heavy atom. The minimum Gasteiger partial charge on any atom is -0.469 e. The number of nitrogens with one attached hydrogen (secondary N) is 2. The topological polar surface area (TPSA) is 52.8 Å². The van der Waals surface area contributed by atoms with E-state index in [1.165, 1.54) is 6.07 Å². The van der Waals surface area contributed by atoms with E-state index in [0.717, 1.165) is 49.9 Å². The Morgan fingerprint density at radius 1 is 1.44 bits per heavy atom. The molecule has 2 N–H and O–H groups in total. The molecule has 0 aliphatic carbocycles. The molecule has 1 aromatic carbocycles. The van der Waals surface area contributed by atoms with Crippen molar-refractivity contribution in [2.45, 2.75) is 18.9 Å². The fraction of sp³-hybridized carbons (Fsp3) is 0.389. The molecule has 1 saturated heterocycles. The summed E-state index contributed by atoms with van der Waals surface area (Å²) >= 11 is 5.75. The Kier molecular flexibility index (Phi) is 5.81. The molecule has 0 amide bonds. The number of rotatable bonds is 5. The van der Waals surface area contributed by atoms with Crippen molar-refractivity contribution < 1.29 is 8.81 Å². The first-order valence-electron chi connectivity index (χ1n) is 8.35. The molecule has 1 atom stereocenters. The van der Waals surface area contributed by atoms with Crippen LogP contribution in [0.3, 0.4) is 0 Å². The molecular weight excluding hydrogens is 343 g/mol. The highest BCUT2D eigenvalue weighted by Gasteiger charge is 2.24. The Morgan fingerprint density at radius 2 is 2.32 bits per heavy atom. The lowest BCUT2D eigenvalue weighted by molar-refractivity contribution is 0.506. The molecule has 0 radical (unpaired) electrons. The standard InChI is InChI=1S/C18H22ClFN4O/c1-21-18(22-8-6-15-3-2-10-25-15)23-13-7-9-24(12-13)14-4-5-16(19)17(20)11-14/h2-5,10-11,13H,6-9,12H2,1H3,(H2,21,22,23). The van der Waals surface area contributed by atoms with Crippen molar-refractivity contribution in [1.82, 2.24) is 10.6 Å². The van der Waals surface area contributed by atoms with E-state index in [2.05, 4.69) is 20.5 Å². The minimum absolute atomic E-state index is 0.152. The molecule has 1 aliphatic rings. The molecule has 1 aromatic heterocycles. The van der Waals surface area contributed by atoms with Crippen LogP contribution in [0.1, 0.15) is 12.2 Å². The predicted molar refractivity (Wildman–Crippen MR) is 98.9 cm³/mol. The summed E-state index contributed by atoms with van der Waals surface area (Å²) in [6.45, 7) is 2.40. The molecule has 0 spiro atoms. The maximum atomic E-state index is 13.6. The summed E-state index contributed by atoms with van der Waals surface area (Å²) in [7, 11) is 1.75. The highest BCUT2D eigenvalue weighted by molar-refractivity contribution is 6.30. The highest BCUT2D eigenvalue weighted by atomic mass is 35.5. The van der Waals surface area contributed by atoms with Gasteiger partial charge in [-0.2, -0.15) is 0 Å². The summed E-state index contributed by atoms with van der Waals surface area (Å²) < 4.78 is 19.0. The van der Waals surface area contributed by atoms with Crippen molar-refractivity contribution in [3.63, 3.8) is 0 Å². The van der Waals surface area contributed by atoms with Gasteiger partial charge in [-0.15, -0.1) is 0 Å². The average molecular weight is 365 g/mol. The van der Waals surface area contributed by atoms with Gasteiger partial charge in [0.25, 0.3) is 0 Å². The van der Waals surface area contributed by atoms with E-state index in [4.69, 9.17) is 16.0 Å². The van der Waals surface area contributed by atoms with Gasteiger partial charge in [-0.25, -0.2) is 4.39 Å². The summed E-state index contributed by atoms with van der Waals surface area (Å²) in [4.78, 5) is 6.41. The second kappa shape index (κ2) is 8.25. The van der Waals surface area contributed by atoms with Crippen LogP contribution in [0.5, 0.6) is 0 Å². The van der Waals surface area contributed by atoms with Gasteiger partial charge in [0.05, 0.1) is 11.3 Å². The molecule has 1 fully saturated rings. The van der Waals surface area contributed by atoms with Crippen molar-refractivity contribution in [3.8, 4) is 0 Å². The van der Waals surface area contributed by atoms with E-state index < -0.39 is 0 Å². The molecular formula is C18H22ClFN4O. The molecule has 3 rings (SSSR count). The van der Waals surface area contributed by atoms with Crippen molar-refractivity contribution in [2.75, 3.05) is 31.6 Å². The quantitative estimate of drug-likeness (QED) is 0.632. The Balaban J connectivity index is 1.48. The van der Waals surface area contributed by atoms with Crippen LogP contribution in [0, 0.1) is 5.82 Å². The number of nitrogens with zero attached hydrogens (tertiary/aromatic N) is 2. The summed E-state index contributed by atoms with van der Waals surface area (Å²) in [5.41, 5.74) is 0.854. The summed E-state index contributed by atoms with van der Waals surface area (Å²) in [6, 6.07) is 9.04. The number of anilines is 1. The van der Waals surface area contributed by atoms with Crippen LogP contribution in [0.2, 0.25) is 5.02 Å². The molecule has 0 saturated carbocycles. The number of furan rings is 1. The lowest BCUT2D eigenvalue weighted by atomic mass is 10.2. The van der Waals surface area contributed by atoms with Crippen LogP contribution in [0.4, 0.5) is 10.1 Å². The predicted octanol–water partition coefficient (Wildman–Crippen LogP) is 3.06. The SMILES string of the molecule is CN=C(NCCc1ccco1)NC1CCN(c2ccc(Cl)c(F)c2)C1. The third kappa shape index (κ3) is 4.66. The number of halogens is 2. The zero-order valence-electron chi connectivity index (χ0n) is 14.1. The smallest absolute Gasteiger partial charge is 0.191 e. The molecule has 2 aromatic rings. The van der Waals surface area contributed by atoms with Crippen molar-refractivity contribution in [3.05, 3.63) is 53.2 Å². The van der Waals surface area contributed by atoms with E-state index in [0.29, 0.717) is 0 Å². The van der Waals surface area contributed by atoms with Crippen molar-refractivity contribution in [2.24, 2.45) is 4.99 Å². The summed E-state index contributed by atoms with van der Waals surface area (Å²) in [6.07, 6.45) is 3.44. The molecule has 1 aliphatic heterocycles. The van der Waals surface area contributed by atoms with E-state index in [9.17, 15) is 4.39 Å². The van der Waals surface area contributed by atoms with Gasteiger partial charge in [-0.05, 0) is 36.8 Å².